The first kappa shape index (κ1) is 18.1. The molecule has 3 rings (SSSR count). The molecule has 0 saturated carbocycles. The van der Waals surface area contributed by atoms with E-state index in [0.717, 1.165) is 0 Å². The molecule has 0 saturated heterocycles. The lowest BCUT2D eigenvalue weighted by Gasteiger charge is -2.08. The standard InChI is InChI=1S/C20H13ClN4O2/c21-15-7-1-2-8-16(15)25-20(27)18-10-4-9-17(24-18)19(26)23-14-6-3-5-13(11-14)12-22/h1-11H,(H,23,26)(H,25,27). The quantitative estimate of drug-likeness (QED) is 0.716. The van der Waals surface area contributed by atoms with Crippen LogP contribution >= 0.6 is 11.6 Å². The normalized spacial score (nSPS) is 9.93. The molecular weight excluding hydrogens is 364 g/mol. The average molecular weight is 377 g/mol. The van der Waals surface area contributed by atoms with Crippen LogP contribution in [0.5, 0.6) is 0 Å². The van der Waals surface area contributed by atoms with Gasteiger partial charge in [-0.3, -0.25) is 9.59 Å². The van der Waals surface area contributed by atoms with E-state index in [4.69, 9.17) is 16.9 Å². The highest BCUT2D eigenvalue weighted by Crippen LogP contribution is 2.21. The van der Waals surface area contributed by atoms with Crippen molar-refractivity contribution < 1.29 is 9.59 Å². The van der Waals surface area contributed by atoms with Crippen LogP contribution in [0.1, 0.15) is 26.5 Å². The maximum atomic E-state index is 12.4. The van der Waals surface area contributed by atoms with E-state index in [9.17, 15) is 9.59 Å². The van der Waals surface area contributed by atoms with Gasteiger partial charge < -0.3 is 10.6 Å². The SMILES string of the molecule is N#Cc1cccc(NC(=O)c2cccc(C(=O)Nc3ccccc3Cl)n2)c1. The summed E-state index contributed by atoms with van der Waals surface area (Å²) < 4.78 is 0. The minimum absolute atomic E-state index is 0.0733. The molecule has 0 aliphatic rings. The van der Waals surface area contributed by atoms with E-state index in [2.05, 4.69) is 15.6 Å². The van der Waals surface area contributed by atoms with Gasteiger partial charge in [0, 0.05) is 5.69 Å². The van der Waals surface area contributed by atoms with Crippen LogP contribution in [0.3, 0.4) is 0 Å². The zero-order valence-corrected chi connectivity index (χ0v) is 14.7. The molecule has 0 spiro atoms. The number of para-hydroxylation sites is 1. The second-order valence-corrected chi connectivity index (χ2v) is 5.90. The van der Waals surface area contributed by atoms with Crippen LogP contribution in [0.4, 0.5) is 11.4 Å². The number of carbonyl (C=O) groups excluding carboxylic acids is 2. The van der Waals surface area contributed by atoms with Crippen LogP contribution in [-0.2, 0) is 0 Å². The lowest BCUT2D eigenvalue weighted by Crippen LogP contribution is -2.18. The minimum atomic E-state index is -0.488. The maximum absolute atomic E-state index is 12.4. The van der Waals surface area contributed by atoms with Crippen molar-refractivity contribution in [2.45, 2.75) is 0 Å². The predicted octanol–water partition coefficient (Wildman–Crippen LogP) is 4.11. The first-order valence-electron chi connectivity index (χ1n) is 7.91. The number of nitrogens with one attached hydrogen (secondary N) is 2. The Kier molecular flexibility index (Phi) is 5.45. The highest BCUT2D eigenvalue weighted by atomic mass is 35.5. The Balaban J connectivity index is 1.76. The van der Waals surface area contributed by atoms with E-state index in [-0.39, 0.29) is 11.4 Å². The molecule has 1 aromatic heterocycles. The molecule has 27 heavy (non-hydrogen) atoms. The molecule has 2 N–H and O–H groups in total. The third kappa shape index (κ3) is 4.48. The third-order valence-electron chi connectivity index (χ3n) is 3.59. The molecule has 0 fully saturated rings. The van der Waals surface area contributed by atoms with Gasteiger partial charge in [0.2, 0.25) is 0 Å². The van der Waals surface area contributed by atoms with Crippen molar-refractivity contribution in [2.24, 2.45) is 0 Å². The summed E-state index contributed by atoms with van der Waals surface area (Å²) in [5, 5.41) is 14.6. The number of rotatable bonds is 4. The van der Waals surface area contributed by atoms with Gasteiger partial charge in [0.1, 0.15) is 11.4 Å². The first-order chi connectivity index (χ1) is 13.1. The van der Waals surface area contributed by atoms with Gasteiger partial charge in [-0.25, -0.2) is 4.98 Å². The maximum Gasteiger partial charge on any atom is 0.274 e. The molecular formula is C20H13ClN4O2. The molecule has 0 aliphatic heterocycles. The summed E-state index contributed by atoms with van der Waals surface area (Å²) in [5.41, 5.74) is 1.49. The molecule has 0 atom stereocenters. The van der Waals surface area contributed by atoms with Crippen LogP contribution in [-0.4, -0.2) is 16.8 Å². The molecule has 0 radical (unpaired) electrons. The number of pyridine rings is 1. The number of aromatic nitrogens is 1. The fourth-order valence-corrected chi connectivity index (χ4v) is 2.48. The number of nitrogens with zero attached hydrogens (tertiary/aromatic N) is 2. The summed E-state index contributed by atoms with van der Waals surface area (Å²) in [6.45, 7) is 0. The van der Waals surface area contributed by atoms with Crippen molar-refractivity contribution >= 4 is 34.8 Å². The smallest absolute Gasteiger partial charge is 0.274 e. The van der Waals surface area contributed by atoms with Gasteiger partial charge >= 0.3 is 0 Å². The highest BCUT2D eigenvalue weighted by molar-refractivity contribution is 6.33. The van der Waals surface area contributed by atoms with Crippen LogP contribution < -0.4 is 10.6 Å². The Hall–Kier alpha value is -3.69. The van der Waals surface area contributed by atoms with Gasteiger partial charge in [0.25, 0.3) is 11.8 Å². The van der Waals surface area contributed by atoms with Gasteiger partial charge in [0.15, 0.2) is 0 Å². The van der Waals surface area contributed by atoms with Crippen molar-refractivity contribution in [1.29, 1.82) is 5.26 Å². The summed E-state index contributed by atoms with van der Waals surface area (Å²) in [4.78, 5) is 28.9. The Morgan fingerprint density at radius 1 is 0.889 bits per heavy atom. The Morgan fingerprint density at radius 2 is 1.56 bits per heavy atom. The fraction of sp³-hybridized carbons (Fsp3) is 0. The Labute approximate surface area is 160 Å². The molecule has 0 bridgehead atoms. The van der Waals surface area contributed by atoms with Gasteiger partial charge in [0.05, 0.1) is 22.3 Å². The van der Waals surface area contributed by atoms with Crippen molar-refractivity contribution in [2.75, 3.05) is 10.6 Å². The molecule has 1 heterocycles. The Bertz CT molecular complexity index is 1060. The lowest BCUT2D eigenvalue weighted by atomic mass is 10.2. The summed E-state index contributed by atoms with van der Waals surface area (Å²) in [6, 6.07) is 19.9. The van der Waals surface area contributed by atoms with E-state index in [1.807, 2.05) is 6.07 Å². The molecule has 3 aromatic rings. The van der Waals surface area contributed by atoms with Gasteiger partial charge in [-0.1, -0.05) is 35.9 Å². The number of amides is 2. The summed E-state index contributed by atoms with van der Waals surface area (Å²) in [5.74, 6) is -0.971. The van der Waals surface area contributed by atoms with E-state index in [0.29, 0.717) is 22.0 Å². The highest BCUT2D eigenvalue weighted by Gasteiger charge is 2.14. The van der Waals surface area contributed by atoms with E-state index in [1.54, 1.807) is 54.6 Å². The summed E-state index contributed by atoms with van der Waals surface area (Å²) >= 11 is 6.03. The van der Waals surface area contributed by atoms with Crippen LogP contribution in [0.25, 0.3) is 0 Å². The van der Waals surface area contributed by atoms with E-state index in [1.165, 1.54) is 12.1 Å². The van der Waals surface area contributed by atoms with Crippen molar-refractivity contribution in [1.82, 2.24) is 4.98 Å². The molecule has 0 aliphatic carbocycles. The predicted molar refractivity (Wildman–Crippen MR) is 103 cm³/mol. The van der Waals surface area contributed by atoms with E-state index < -0.39 is 11.8 Å². The van der Waals surface area contributed by atoms with Gasteiger partial charge in [-0.2, -0.15) is 5.26 Å². The topological polar surface area (TPSA) is 94.9 Å². The zero-order valence-electron chi connectivity index (χ0n) is 13.9. The fourth-order valence-electron chi connectivity index (χ4n) is 2.30. The molecule has 2 amide bonds. The third-order valence-corrected chi connectivity index (χ3v) is 3.92. The van der Waals surface area contributed by atoms with Crippen LogP contribution in [0.2, 0.25) is 5.02 Å². The molecule has 7 heteroatoms. The number of carbonyl (C=O) groups is 2. The molecule has 132 valence electrons. The number of hydrogen-bond donors (Lipinski definition) is 2. The number of benzene rings is 2. The van der Waals surface area contributed by atoms with Crippen LogP contribution in [0.15, 0.2) is 66.7 Å². The van der Waals surface area contributed by atoms with Crippen molar-refractivity contribution in [3.63, 3.8) is 0 Å². The zero-order chi connectivity index (χ0) is 19.2. The molecule has 0 unspecified atom stereocenters. The summed E-state index contributed by atoms with van der Waals surface area (Å²) in [7, 11) is 0. The second kappa shape index (κ2) is 8.13. The van der Waals surface area contributed by atoms with E-state index >= 15 is 0 Å². The van der Waals surface area contributed by atoms with Crippen LogP contribution in [0, 0.1) is 11.3 Å². The number of hydrogen-bond acceptors (Lipinski definition) is 4. The largest absolute Gasteiger partial charge is 0.321 e. The van der Waals surface area contributed by atoms with Crippen molar-refractivity contribution in [3.05, 3.63) is 88.7 Å². The monoisotopic (exact) mass is 376 g/mol. The van der Waals surface area contributed by atoms with Gasteiger partial charge in [-0.15, -0.1) is 0 Å². The minimum Gasteiger partial charge on any atom is -0.321 e. The lowest BCUT2D eigenvalue weighted by molar-refractivity contribution is 0.101. The van der Waals surface area contributed by atoms with Crippen molar-refractivity contribution in [3.8, 4) is 6.07 Å². The summed E-state index contributed by atoms with van der Waals surface area (Å²) in [6.07, 6.45) is 0. The number of nitriles is 1. The number of anilines is 2. The molecule has 2 aromatic carbocycles. The molecule has 6 nitrogen and oxygen atoms in total. The van der Waals surface area contributed by atoms with Gasteiger partial charge in [-0.05, 0) is 42.5 Å². The Morgan fingerprint density at radius 3 is 2.26 bits per heavy atom. The number of halogens is 1. The first-order valence-corrected chi connectivity index (χ1v) is 8.29. The average Bonchev–Trinajstić information content (AvgIpc) is 2.70. The second-order valence-electron chi connectivity index (χ2n) is 5.49.